The van der Waals surface area contributed by atoms with Gasteiger partial charge in [-0.1, -0.05) is 18.2 Å². The van der Waals surface area contributed by atoms with Crippen LogP contribution < -0.4 is 5.48 Å². The van der Waals surface area contributed by atoms with E-state index in [1.165, 1.54) is 7.11 Å². The Labute approximate surface area is 123 Å². The lowest BCUT2D eigenvalue weighted by atomic mass is 10.2. The van der Waals surface area contributed by atoms with E-state index in [4.69, 9.17) is 9.94 Å². The number of hydroxylamine groups is 1. The first-order valence-corrected chi connectivity index (χ1v) is 8.22. The number of hydrogen-bond acceptors (Lipinski definition) is 6. The molecule has 0 aliphatic heterocycles. The molecular weight excluding hydrogens is 292 g/mol. The van der Waals surface area contributed by atoms with Crippen LogP contribution in [0.2, 0.25) is 0 Å². The molecule has 1 aromatic heterocycles. The Morgan fingerprint density at radius 1 is 1.38 bits per heavy atom. The van der Waals surface area contributed by atoms with Crippen molar-refractivity contribution in [1.29, 1.82) is 0 Å². The van der Waals surface area contributed by atoms with Crippen LogP contribution in [0.4, 0.5) is 0 Å². The van der Waals surface area contributed by atoms with E-state index in [0.717, 1.165) is 10.9 Å². The zero-order valence-corrected chi connectivity index (χ0v) is 12.5. The van der Waals surface area contributed by atoms with Crippen LogP contribution in [0, 0.1) is 0 Å². The van der Waals surface area contributed by atoms with E-state index in [9.17, 15) is 8.42 Å². The van der Waals surface area contributed by atoms with Gasteiger partial charge in [0.05, 0.1) is 11.3 Å². The average Bonchev–Trinajstić information content (AvgIpc) is 2.47. The molecule has 2 aromatic rings. The number of sulfone groups is 1. The van der Waals surface area contributed by atoms with Crippen LogP contribution >= 0.6 is 0 Å². The Hall–Kier alpha value is -1.54. The predicted molar refractivity (Wildman–Crippen MR) is 79.6 cm³/mol. The molecule has 1 unspecified atom stereocenters. The lowest BCUT2D eigenvalue weighted by molar-refractivity contribution is 0.126. The molecule has 0 saturated carbocycles. The van der Waals surface area contributed by atoms with E-state index in [2.05, 4.69) is 4.98 Å². The van der Waals surface area contributed by atoms with Crippen LogP contribution in [0.5, 0.6) is 0 Å². The van der Waals surface area contributed by atoms with Crippen molar-refractivity contribution in [3.63, 3.8) is 0 Å². The topological polar surface area (TPSA) is 88.5 Å². The first-order chi connectivity index (χ1) is 10.1. The molecule has 0 aliphatic carbocycles. The fraction of sp³-hybridized carbons (Fsp3) is 0.357. The van der Waals surface area contributed by atoms with Crippen molar-refractivity contribution in [3.8, 4) is 0 Å². The van der Waals surface area contributed by atoms with E-state index in [1.807, 2.05) is 29.7 Å². The second-order valence-corrected chi connectivity index (χ2v) is 6.93. The fourth-order valence-corrected chi connectivity index (χ4v) is 3.52. The number of methoxy groups -OCH3 is 1. The molecule has 21 heavy (non-hydrogen) atoms. The number of fused-ring (bicyclic) bond motifs is 1. The van der Waals surface area contributed by atoms with Crippen LogP contribution in [0.3, 0.4) is 0 Å². The normalized spacial score (nSPS) is 13.4. The minimum Gasteiger partial charge on any atom is -0.385 e. The number of nitrogens with zero attached hydrogens (tertiary/aromatic N) is 1. The van der Waals surface area contributed by atoms with Gasteiger partial charge in [0.2, 0.25) is 0 Å². The predicted octanol–water partition coefficient (Wildman–Crippen LogP) is 1.49. The monoisotopic (exact) mass is 310 g/mol. The van der Waals surface area contributed by atoms with Crippen LogP contribution in [0.15, 0.2) is 36.5 Å². The second kappa shape index (κ2) is 6.95. The summed E-state index contributed by atoms with van der Waals surface area (Å²) >= 11 is 0. The van der Waals surface area contributed by atoms with E-state index < -0.39 is 15.2 Å². The highest BCUT2D eigenvalue weighted by Crippen LogP contribution is 2.17. The summed E-state index contributed by atoms with van der Waals surface area (Å²) in [6.45, 7) is 0.243. The summed E-state index contributed by atoms with van der Waals surface area (Å²) in [6.07, 6.45) is 1.72. The molecule has 0 amide bonds. The summed E-state index contributed by atoms with van der Waals surface area (Å²) in [4.78, 5) is 4.24. The van der Waals surface area contributed by atoms with Gasteiger partial charge in [0.25, 0.3) is 0 Å². The van der Waals surface area contributed by atoms with E-state index in [-0.39, 0.29) is 18.8 Å². The van der Waals surface area contributed by atoms with Crippen molar-refractivity contribution < 1.29 is 18.4 Å². The van der Waals surface area contributed by atoms with Crippen LogP contribution in [0.1, 0.15) is 12.0 Å². The van der Waals surface area contributed by atoms with Gasteiger partial charge in [-0.15, -0.1) is 0 Å². The van der Waals surface area contributed by atoms with Gasteiger partial charge in [-0.3, -0.25) is 4.98 Å². The molecule has 0 radical (unpaired) electrons. The summed E-state index contributed by atoms with van der Waals surface area (Å²) in [5.74, 6) is -0.188. The van der Waals surface area contributed by atoms with E-state index >= 15 is 0 Å². The van der Waals surface area contributed by atoms with Crippen LogP contribution in [-0.2, 0) is 20.3 Å². The molecule has 0 fully saturated rings. The van der Waals surface area contributed by atoms with Gasteiger partial charge in [0, 0.05) is 31.7 Å². The quantitative estimate of drug-likeness (QED) is 0.753. The molecule has 2 rings (SSSR count). The van der Waals surface area contributed by atoms with Crippen molar-refractivity contribution in [2.45, 2.75) is 17.5 Å². The largest absolute Gasteiger partial charge is 0.385 e. The van der Waals surface area contributed by atoms with Crippen LogP contribution in [-0.4, -0.2) is 37.7 Å². The van der Waals surface area contributed by atoms with Gasteiger partial charge in [-0.25, -0.2) is 8.42 Å². The second-order valence-electron chi connectivity index (χ2n) is 4.74. The molecule has 7 heteroatoms. The highest BCUT2D eigenvalue weighted by atomic mass is 32.2. The third-order valence-electron chi connectivity index (χ3n) is 3.18. The Balaban J connectivity index is 2.20. The third-order valence-corrected chi connectivity index (χ3v) is 5.12. The highest BCUT2D eigenvalue weighted by Gasteiger charge is 2.25. The minimum absolute atomic E-state index is 0.177. The van der Waals surface area contributed by atoms with Crippen molar-refractivity contribution in [1.82, 2.24) is 10.5 Å². The molecule has 1 aromatic carbocycles. The number of nitrogens with one attached hydrogen (secondary N) is 1. The number of benzene rings is 1. The van der Waals surface area contributed by atoms with Crippen LogP contribution in [0.25, 0.3) is 10.9 Å². The number of rotatable bonds is 7. The van der Waals surface area contributed by atoms with Crippen molar-refractivity contribution in [2.24, 2.45) is 0 Å². The molecule has 114 valence electrons. The molecule has 0 saturated heterocycles. The third kappa shape index (κ3) is 3.98. The molecule has 6 nitrogen and oxygen atoms in total. The smallest absolute Gasteiger partial charge is 0.172 e. The summed E-state index contributed by atoms with van der Waals surface area (Å²) in [5.41, 5.74) is 3.25. The summed E-state index contributed by atoms with van der Waals surface area (Å²) in [6, 6.07) is 9.29. The molecule has 2 N–H and O–H groups in total. The molecule has 0 spiro atoms. The standard InChI is InChI=1S/C14H18N2O4S/c1-20-7-6-14(16-17)21(18,19)10-11-8-12-4-2-3-5-13(12)15-9-11/h2-5,8-9,14,16-17H,6-7,10H2,1H3. The maximum Gasteiger partial charge on any atom is 0.172 e. The zero-order valence-electron chi connectivity index (χ0n) is 11.7. The number of pyridine rings is 1. The fourth-order valence-electron chi connectivity index (χ4n) is 2.08. The van der Waals surface area contributed by atoms with Gasteiger partial charge in [0.15, 0.2) is 9.84 Å². The average molecular weight is 310 g/mol. The van der Waals surface area contributed by atoms with Crippen molar-refractivity contribution in [3.05, 3.63) is 42.1 Å². The molecule has 1 heterocycles. The number of aromatic nitrogens is 1. The Morgan fingerprint density at radius 3 is 2.86 bits per heavy atom. The molecule has 1 atom stereocenters. The van der Waals surface area contributed by atoms with Crippen molar-refractivity contribution in [2.75, 3.05) is 13.7 Å². The Kier molecular flexibility index (Phi) is 5.24. The van der Waals surface area contributed by atoms with Gasteiger partial charge in [-0.2, -0.15) is 5.48 Å². The summed E-state index contributed by atoms with van der Waals surface area (Å²) in [5, 5.41) is 8.87. The maximum absolute atomic E-state index is 12.3. The summed E-state index contributed by atoms with van der Waals surface area (Å²) in [7, 11) is -2.07. The van der Waals surface area contributed by atoms with E-state index in [1.54, 1.807) is 12.3 Å². The molecule has 0 aliphatic rings. The maximum atomic E-state index is 12.3. The zero-order chi connectivity index (χ0) is 15.3. The van der Waals surface area contributed by atoms with Crippen molar-refractivity contribution >= 4 is 20.7 Å². The van der Waals surface area contributed by atoms with Gasteiger partial charge < -0.3 is 9.94 Å². The number of hydrogen-bond donors (Lipinski definition) is 2. The lowest BCUT2D eigenvalue weighted by Crippen LogP contribution is -2.36. The number of ether oxygens (including phenoxy) is 1. The SMILES string of the molecule is COCCC(NO)S(=O)(=O)Cc1cnc2ccccc2c1. The molecule has 0 bridgehead atoms. The first kappa shape index (κ1) is 15.8. The molecular formula is C14H18N2O4S. The summed E-state index contributed by atoms with van der Waals surface area (Å²) < 4.78 is 29.4. The minimum atomic E-state index is -3.55. The Bertz CT molecular complexity index is 703. The van der Waals surface area contributed by atoms with E-state index in [0.29, 0.717) is 5.56 Å². The first-order valence-electron chi connectivity index (χ1n) is 6.50. The van der Waals surface area contributed by atoms with Gasteiger partial charge in [0.1, 0.15) is 5.37 Å². The number of para-hydroxylation sites is 1. The highest BCUT2D eigenvalue weighted by molar-refractivity contribution is 7.91. The Morgan fingerprint density at radius 2 is 2.14 bits per heavy atom. The van der Waals surface area contributed by atoms with Gasteiger partial charge >= 0.3 is 0 Å². The van der Waals surface area contributed by atoms with Gasteiger partial charge in [-0.05, 0) is 17.7 Å². The lowest BCUT2D eigenvalue weighted by Gasteiger charge is -2.15.